The van der Waals surface area contributed by atoms with Crippen LogP contribution in [0.25, 0.3) is 0 Å². The zero-order chi connectivity index (χ0) is 10.7. The van der Waals surface area contributed by atoms with Gasteiger partial charge in [-0.2, -0.15) is 0 Å². The molecule has 0 aliphatic heterocycles. The van der Waals surface area contributed by atoms with Crippen molar-refractivity contribution in [3.8, 4) is 0 Å². The predicted octanol–water partition coefficient (Wildman–Crippen LogP) is 2.55. The normalized spacial score (nSPS) is 9.62. The van der Waals surface area contributed by atoms with Crippen molar-refractivity contribution < 1.29 is 0 Å². The quantitative estimate of drug-likeness (QED) is 0.540. The van der Waals surface area contributed by atoms with Gasteiger partial charge in [-0.3, -0.25) is 0 Å². The molecular formula is C14H15LiP. The van der Waals surface area contributed by atoms with Gasteiger partial charge in [-0.1, -0.05) is 57.1 Å². The van der Waals surface area contributed by atoms with Crippen molar-refractivity contribution in [1.29, 1.82) is 0 Å². The van der Waals surface area contributed by atoms with E-state index in [1.54, 1.807) is 0 Å². The second kappa shape index (κ2) is 6.26. The maximum absolute atomic E-state index is 2.22. The van der Waals surface area contributed by atoms with E-state index in [2.05, 4.69) is 62.4 Å². The Morgan fingerprint density at radius 2 is 1.06 bits per heavy atom. The molecule has 0 atom stereocenters. The smallest absolute Gasteiger partial charge is 0 e. The van der Waals surface area contributed by atoms with Crippen molar-refractivity contribution in [1.82, 2.24) is 0 Å². The van der Waals surface area contributed by atoms with Gasteiger partial charge in [0.05, 0.1) is 0 Å². The fraction of sp³-hybridized carbons (Fsp3) is 0.143. The Morgan fingerprint density at radius 3 is 1.44 bits per heavy atom. The van der Waals surface area contributed by atoms with E-state index < -0.39 is 0 Å². The van der Waals surface area contributed by atoms with Crippen molar-refractivity contribution in [3.05, 3.63) is 59.7 Å². The summed E-state index contributed by atoms with van der Waals surface area (Å²) >= 11 is 0. The van der Waals surface area contributed by atoms with Crippen LogP contribution >= 0.6 is 8.58 Å². The molecule has 0 aliphatic rings. The van der Waals surface area contributed by atoms with Crippen LogP contribution in [0.4, 0.5) is 0 Å². The third kappa shape index (κ3) is 3.23. The van der Waals surface area contributed by atoms with Gasteiger partial charge in [0.25, 0.3) is 0 Å². The Balaban J connectivity index is 0.00000128. The zero-order valence-electron chi connectivity index (χ0n) is 10.1. The van der Waals surface area contributed by atoms with E-state index >= 15 is 0 Å². The van der Waals surface area contributed by atoms with Gasteiger partial charge in [-0.15, -0.1) is 0 Å². The van der Waals surface area contributed by atoms with E-state index in [-0.39, 0.29) is 18.9 Å². The molecule has 1 radical (unpaired) electrons. The molecular weight excluding hydrogens is 206 g/mol. The topological polar surface area (TPSA) is 0 Å². The monoisotopic (exact) mass is 221 g/mol. The van der Waals surface area contributed by atoms with Crippen LogP contribution in [0.1, 0.15) is 11.1 Å². The van der Waals surface area contributed by atoms with E-state index in [4.69, 9.17) is 0 Å². The average Bonchev–Trinajstić information content (AvgIpc) is 2.24. The Kier molecular flexibility index (Phi) is 5.30. The summed E-state index contributed by atoms with van der Waals surface area (Å²) in [6.45, 7) is 4.36. The molecule has 0 spiro atoms. The van der Waals surface area contributed by atoms with Gasteiger partial charge in [0.2, 0.25) is 0 Å². The van der Waals surface area contributed by atoms with Crippen LogP contribution in [0.5, 0.6) is 0 Å². The fourth-order valence-corrected chi connectivity index (χ4v) is 2.78. The van der Waals surface area contributed by atoms with Crippen molar-refractivity contribution in [2.75, 3.05) is 0 Å². The summed E-state index contributed by atoms with van der Waals surface area (Å²) in [4.78, 5) is 0. The van der Waals surface area contributed by atoms with Crippen LogP contribution < -0.4 is 10.6 Å². The van der Waals surface area contributed by atoms with E-state index in [0.717, 1.165) is 8.58 Å². The summed E-state index contributed by atoms with van der Waals surface area (Å²) in [5.41, 5.74) is 2.78. The van der Waals surface area contributed by atoms with Crippen LogP contribution in [0, 0.1) is 13.8 Å². The SMILES string of the molecule is Cc1ccccc1Pc1ccccc1C.[Li]. The third-order valence-corrected chi connectivity index (χ3v) is 4.22. The van der Waals surface area contributed by atoms with Gasteiger partial charge < -0.3 is 0 Å². The van der Waals surface area contributed by atoms with Gasteiger partial charge in [-0.05, 0) is 35.6 Å². The first kappa shape index (κ1) is 13.5. The number of rotatable bonds is 2. The molecule has 2 aromatic rings. The second-order valence-electron chi connectivity index (χ2n) is 3.75. The van der Waals surface area contributed by atoms with E-state index in [9.17, 15) is 0 Å². The average molecular weight is 221 g/mol. The molecule has 0 bridgehead atoms. The Morgan fingerprint density at radius 1 is 0.688 bits per heavy atom. The molecule has 2 rings (SSSR count). The predicted molar refractivity (Wildman–Crippen MR) is 75.7 cm³/mol. The van der Waals surface area contributed by atoms with Crippen LogP contribution in [-0.4, -0.2) is 18.9 Å². The van der Waals surface area contributed by atoms with Crippen molar-refractivity contribution >= 4 is 38.1 Å². The van der Waals surface area contributed by atoms with Gasteiger partial charge in [0, 0.05) is 18.9 Å². The molecule has 16 heavy (non-hydrogen) atoms. The standard InChI is InChI=1S/C14H15P.Li/c1-11-7-3-5-9-13(11)15-14-10-6-4-8-12(14)2;/h3-10,15H,1-2H3;. The summed E-state index contributed by atoms with van der Waals surface area (Å²) in [5, 5.41) is 2.90. The van der Waals surface area contributed by atoms with Gasteiger partial charge in [0.15, 0.2) is 0 Å². The zero-order valence-corrected chi connectivity index (χ0v) is 11.1. The Labute approximate surface area is 111 Å². The minimum Gasteiger partial charge on any atom is -0.0620 e. The summed E-state index contributed by atoms with van der Waals surface area (Å²) in [7, 11) is 0.774. The molecule has 0 fully saturated rings. The first-order chi connectivity index (χ1) is 7.27. The molecule has 2 heteroatoms. The van der Waals surface area contributed by atoms with Crippen LogP contribution in [0.15, 0.2) is 48.5 Å². The van der Waals surface area contributed by atoms with Gasteiger partial charge in [0.1, 0.15) is 0 Å². The van der Waals surface area contributed by atoms with Crippen molar-refractivity contribution in [2.45, 2.75) is 13.8 Å². The summed E-state index contributed by atoms with van der Waals surface area (Å²) in [6, 6.07) is 17.2. The number of aryl methyl sites for hydroxylation is 2. The molecule has 0 saturated heterocycles. The number of benzene rings is 2. The Hall–Kier alpha value is -0.533. The molecule has 0 N–H and O–H groups in total. The maximum Gasteiger partial charge on any atom is 0 e. The molecule has 0 unspecified atom stereocenters. The first-order valence-corrected chi connectivity index (χ1v) is 6.15. The van der Waals surface area contributed by atoms with E-state index in [1.807, 2.05) is 0 Å². The van der Waals surface area contributed by atoms with Crippen LogP contribution in [0.2, 0.25) is 0 Å². The van der Waals surface area contributed by atoms with E-state index in [0.29, 0.717) is 0 Å². The molecule has 2 aromatic carbocycles. The second-order valence-corrected chi connectivity index (χ2v) is 5.08. The number of hydrogen-bond donors (Lipinski definition) is 0. The van der Waals surface area contributed by atoms with Crippen molar-refractivity contribution in [2.24, 2.45) is 0 Å². The molecule has 0 aromatic heterocycles. The maximum atomic E-state index is 2.22. The van der Waals surface area contributed by atoms with Gasteiger partial charge >= 0.3 is 0 Å². The summed E-state index contributed by atoms with van der Waals surface area (Å²) in [5.74, 6) is 0. The summed E-state index contributed by atoms with van der Waals surface area (Å²) < 4.78 is 0. The fourth-order valence-electron chi connectivity index (χ4n) is 1.57. The first-order valence-electron chi connectivity index (χ1n) is 5.15. The molecule has 0 saturated carbocycles. The van der Waals surface area contributed by atoms with Crippen molar-refractivity contribution in [3.63, 3.8) is 0 Å². The number of hydrogen-bond acceptors (Lipinski definition) is 0. The molecule has 0 heterocycles. The van der Waals surface area contributed by atoms with Crippen LogP contribution in [0.3, 0.4) is 0 Å². The molecule has 0 nitrogen and oxygen atoms in total. The largest absolute Gasteiger partial charge is 0.0620 e. The molecule has 0 amide bonds. The third-order valence-electron chi connectivity index (χ3n) is 2.56. The molecule has 0 aliphatic carbocycles. The van der Waals surface area contributed by atoms with Crippen LogP contribution in [-0.2, 0) is 0 Å². The molecule has 77 valence electrons. The minimum atomic E-state index is 0. The Bertz CT molecular complexity index is 422. The summed E-state index contributed by atoms with van der Waals surface area (Å²) in [6.07, 6.45) is 0. The van der Waals surface area contributed by atoms with Gasteiger partial charge in [-0.25, -0.2) is 0 Å². The van der Waals surface area contributed by atoms with E-state index in [1.165, 1.54) is 21.7 Å². The minimum absolute atomic E-state index is 0.